The zero-order chi connectivity index (χ0) is 14.8. The van der Waals surface area contributed by atoms with Crippen molar-refractivity contribution in [2.45, 2.75) is 13.5 Å². The number of carbonyl (C=O) groups is 1. The Kier molecular flexibility index (Phi) is 3.53. The molecule has 0 spiro atoms. The Hall–Kier alpha value is -2.47. The molecule has 1 aromatic carbocycles. The van der Waals surface area contributed by atoms with Crippen LogP contribution < -0.4 is 5.32 Å². The zero-order valence-corrected chi connectivity index (χ0v) is 11.9. The Morgan fingerprint density at radius 2 is 2.10 bits per heavy atom. The number of halogens is 1. The summed E-state index contributed by atoms with van der Waals surface area (Å²) in [4.78, 5) is 20.3. The first kappa shape index (κ1) is 13.5. The molecule has 0 atom stereocenters. The number of hydrogen-bond acceptors (Lipinski definition) is 5. The Balaban J connectivity index is 1.86. The number of rotatable bonds is 3. The molecule has 0 saturated heterocycles. The number of aromatic nitrogens is 3. The average Bonchev–Trinajstić information content (AvgIpc) is 2.91. The Labute approximate surface area is 125 Å². The lowest BCUT2D eigenvalue weighted by molar-refractivity contribution is 0.0951. The molecule has 0 aliphatic rings. The standard InChI is InChI=1S/C14H11ClN4O2/c1-8-18-12(19-21-8)7-17-14(20)11-6-16-13(15)10-5-3-2-4-9(10)11/h2-6H,7H2,1H3,(H,17,20). The number of benzene rings is 1. The van der Waals surface area contributed by atoms with E-state index in [1.807, 2.05) is 24.3 Å². The summed E-state index contributed by atoms with van der Waals surface area (Å²) >= 11 is 6.03. The highest BCUT2D eigenvalue weighted by Crippen LogP contribution is 2.24. The molecule has 0 aliphatic heterocycles. The van der Waals surface area contributed by atoms with Crippen LogP contribution in [0.4, 0.5) is 0 Å². The van der Waals surface area contributed by atoms with Gasteiger partial charge in [-0.2, -0.15) is 4.98 Å². The van der Waals surface area contributed by atoms with Crippen LogP contribution in [0, 0.1) is 6.92 Å². The molecule has 0 saturated carbocycles. The highest BCUT2D eigenvalue weighted by Gasteiger charge is 2.13. The van der Waals surface area contributed by atoms with E-state index in [-0.39, 0.29) is 12.5 Å². The Bertz CT molecular complexity index is 816. The molecule has 1 amide bonds. The fourth-order valence-corrected chi connectivity index (χ4v) is 2.22. The van der Waals surface area contributed by atoms with Gasteiger partial charge in [0.05, 0.1) is 12.1 Å². The third-order valence-corrected chi connectivity index (χ3v) is 3.27. The fourth-order valence-electron chi connectivity index (χ4n) is 2.01. The highest BCUT2D eigenvalue weighted by molar-refractivity contribution is 6.34. The summed E-state index contributed by atoms with van der Waals surface area (Å²) in [6, 6.07) is 7.35. The van der Waals surface area contributed by atoms with E-state index in [9.17, 15) is 4.79 Å². The molecule has 3 aromatic rings. The van der Waals surface area contributed by atoms with E-state index in [0.717, 1.165) is 10.8 Å². The lowest BCUT2D eigenvalue weighted by Crippen LogP contribution is -2.23. The minimum Gasteiger partial charge on any atom is -0.345 e. The molecule has 2 aromatic heterocycles. The Morgan fingerprint density at radius 3 is 2.81 bits per heavy atom. The van der Waals surface area contributed by atoms with Gasteiger partial charge in [-0.05, 0) is 5.39 Å². The summed E-state index contributed by atoms with van der Waals surface area (Å²) in [7, 11) is 0. The first-order valence-corrected chi connectivity index (χ1v) is 6.63. The number of hydrogen-bond donors (Lipinski definition) is 1. The second-order valence-corrected chi connectivity index (χ2v) is 4.78. The van der Waals surface area contributed by atoms with Crippen molar-refractivity contribution in [2.75, 3.05) is 0 Å². The minimum absolute atomic E-state index is 0.188. The molecular weight excluding hydrogens is 292 g/mol. The molecule has 3 rings (SSSR count). The largest absolute Gasteiger partial charge is 0.345 e. The lowest BCUT2D eigenvalue weighted by atomic mass is 10.1. The number of nitrogens with zero attached hydrogens (tertiary/aromatic N) is 3. The van der Waals surface area contributed by atoms with E-state index < -0.39 is 0 Å². The minimum atomic E-state index is -0.266. The maximum Gasteiger partial charge on any atom is 0.253 e. The van der Waals surface area contributed by atoms with E-state index in [2.05, 4.69) is 20.4 Å². The second kappa shape index (κ2) is 5.49. The third-order valence-electron chi connectivity index (χ3n) is 2.97. The van der Waals surface area contributed by atoms with Gasteiger partial charge >= 0.3 is 0 Å². The van der Waals surface area contributed by atoms with Crippen molar-refractivity contribution in [1.82, 2.24) is 20.4 Å². The van der Waals surface area contributed by atoms with Gasteiger partial charge in [0.25, 0.3) is 5.91 Å². The van der Waals surface area contributed by atoms with Gasteiger partial charge < -0.3 is 9.84 Å². The molecule has 7 heteroatoms. The maximum atomic E-state index is 12.3. The summed E-state index contributed by atoms with van der Waals surface area (Å²) in [6.45, 7) is 1.88. The van der Waals surface area contributed by atoms with Gasteiger partial charge in [-0.1, -0.05) is 41.0 Å². The van der Waals surface area contributed by atoms with E-state index in [4.69, 9.17) is 16.1 Å². The van der Waals surface area contributed by atoms with Crippen LogP contribution >= 0.6 is 11.6 Å². The molecule has 1 N–H and O–H groups in total. The number of amides is 1. The van der Waals surface area contributed by atoms with Crippen LogP contribution in [0.5, 0.6) is 0 Å². The monoisotopic (exact) mass is 302 g/mol. The SMILES string of the molecule is Cc1nc(CNC(=O)c2cnc(Cl)c3ccccc23)no1. The maximum absolute atomic E-state index is 12.3. The summed E-state index contributed by atoms with van der Waals surface area (Å²) < 4.78 is 4.85. The van der Waals surface area contributed by atoms with Crippen molar-refractivity contribution in [3.05, 3.63) is 52.9 Å². The number of carbonyl (C=O) groups excluding carboxylic acids is 1. The lowest BCUT2D eigenvalue weighted by Gasteiger charge is -2.07. The van der Waals surface area contributed by atoms with Crippen LogP contribution in [0.25, 0.3) is 10.8 Å². The van der Waals surface area contributed by atoms with Crippen molar-refractivity contribution < 1.29 is 9.32 Å². The number of nitrogens with one attached hydrogen (secondary N) is 1. The number of pyridine rings is 1. The molecule has 2 heterocycles. The van der Waals surface area contributed by atoms with Crippen LogP contribution in [0.15, 0.2) is 35.0 Å². The Morgan fingerprint density at radius 1 is 1.33 bits per heavy atom. The highest BCUT2D eigenvalue weighted by atomic mass is 35.5. The summed E-state index contributed by atoms with van der Waals surface area (Å²) in [5.41, 5.74) is 0.454. The summed E-state index contributed by atoms with van der Waals surface area (Å²) in [6.07, 6.45) is 1.46. The van der Waals surface area contributed by atoms with Crippen molar-refractivity contribution in [1.29, 1.82) is 0 Å². The van der Waals surface area contributed by atoms with Crippen LogP contribution in [0.1, 0.15) is 22.1 Å². The number of fused-ring (bicyclic) bond motifs is 1. The van der Waals surface area contributed by atoms with Gasteiger partial charge in [0.2, 0.25) is 5.89 Å². The quantitative estimate of drug-likeness (QED) is 0.752. The van der Waals surface area contributed by atoms with Gasteiger partial charge in [0, 0.05) is 18.5 Å². The van der Waals surface area contributed by atoms with Crippen molar-refractivity contribution >= 4 is 28.3 Å². The van der Waals surface area contributed by atoms with Crippen molar-refractivity contribution in [3.8, 4) is 0 Å². The molecule has 0 fully saturated rings. The molecule has 21 heavy (non-hydrogen) atoms. The van der Waals surface area contributed by atoms with E-state index in [1.165, 1.54) is 6.20 Å². The van der Waals surface area contributed by atoms with Crippen molar-refractivity contribution in [3.63, 3.8) is 0 Å². The third kappa shape index (κ3) is 2.71. The van der Waals surface area contributed by atoms with Gasteiger partial charge in [0.1, 0.15) is 5.15 Å². The van der Waals surface area contributed by atoms with Gasteiger partial charge in [-0.3, -0.25) is 4.79 Å². The normalized spacial score (nSPS) is 10.8. The predicted molar refractivity (Wildman–Crippen MR) is 77.0 cm³/mol. The van der Waals surface area contributed by atoms with E-state index in [0.29, 0.717) is 22.4 Å². The van der Waals surface area contributed by atoms with Gasteiger partial charge in [0.15, 0.2) is 5.82 Å². The molecule has 0 radical (unpaired) electrons. The predicted octanol–water partition coefficient (Wildman–Crippen LogP) is 2.51. The molecule has 0 aliphatic carbocycles. The first-order chi connectivity index (χ1) is 10.1. The molecular formula is C14H11ClN4O2. The van der Waals surface area contributed by atoms with Crippen LogP contribution in [-0.4, -0.2) is 21.0 Å². The van der Waals surface area contributed by atoms with E-state index in [1.54, 1.807) is 6.92 Å². The van der Waals surface area contributed by atoms with Crippen molar-refractivity contribution in [2.24, 2.45) is 0 Å². The van der Waals surface area contributed by atoms with Gasteiger partial charge in [-0.25, -0.2) is 4.98 Å². The van der Waals surface area contributed by atoms with Crippen LogP contribution in [0.3, 0.4) is 0 Å². The zero-order valence-electron chi connectivity index (χ0n) is 11.1. The molecule has 0 unspecified atom stereocenters. The van der Waals surface area contributed by atoms with Gasteiger partial charge in [-0.15, -0.1) is 0 Å². The van der Waals surface area contributed by atoms with E-state index >= 15 is 0 Å². The smallest absolute Gasteiger partial charge is 0.253 e. The average molecular weight is 303 g/mol. The molecule has 106 valence electrons. The fraction of sp³-hybridized carbons (Fsp3) is 0.143. The first-order valence-electron chi connectivity index (χ1n) is 6.26. The summed E-state index contributed by atoms with van der Waals surface area (Å²) in [5.74, 6) is 0.614. The topological polar surface area (TPSA) is 80.9 Å². The van der Waals surface area contributed by atoms with Crippen LogP contribution in [0.2, 0.25) is 5.15 Å². The van der Waals surface area contributed by atoms with Crippen LogP contribution in [-0.2, 0) is 6.54 Å². The molecule has 6 nitrogen and oxygen atoms in total. The number of aryl methyl sites for hydroxylation is 1. The second-order valence-electron chi connectivity index (χ2n) is 4.42. The summed E-state index contributed by atoms with van der Waals surface area (Å²) in [5, 5.41) is 8.31. The molecule has 0 bridgehead atoms.